The van der Waals surface area contributed by atoms with Gasteiger partial charge in [0.1, 0.15) is 17.6 Å². The van der Waals surface area contributed by atoms with Crippen molar-refractivity contribution in [1.82, 2.24) is 5.32 Å². The van der Waals surface area contributed by atoms with Crippen LogP contribution >= 0.6 is 0 Å². The second-order valence-corrected chi connectivity index (χ2v) is 13.5. The molecule has 2 aliphatic rings. The van der Waals surface area contributed by atoms with Crippen LogP contribution in [0.3, 0.4) is 0 Å². The summed E-state index contributed by atoms with van der Waals surface area (Å²) in [6.45, 7) is 15.6. The lowest BCUT2D eigenvalue weighted by atomic mass is 9.90. The van der Waals surface area contributed by atoms with Gasteiger partial charge in [-0.25, -0.2) is 4.39 Å². The molecule has 3 aromatic rings. The van der Waals surface area contributed by atoms with Crippen LogP contribution in [0.25, 0.3) is 28.5 Å². The predicted octanol–water partition coefficient (Wildman–Crippen LogP) is 11.3. The topological polar surface area (TPSA) is 86.7 Å². The molecular formula is C44H65FN2O3. The van der Waals surface area contributed by atoms with Gasteiger partial charge in [0.15, 0.2) is 0 Å². The average molecular weight is 689 g/mol. The van der Waals surface area contributed by atoms with Gasteiger partial charge in [0.05, 0.1) is 18.4 Å². The van der Waals surface area contributed by atoms with Gasteiger partial charge in [-0.2, -0.15) is 0 Å². The quantitative estimate of drug-likeness (QED) is 0.123. The normalized spacial score (nSPS) is 18.0. The van der Waals surface area contributed by atoms with Crippen LogP contribution in [0.2, 0.25) is 0 Å². The third-order valence-electron chi connectivity index (χ3n) is 9.57. The monoisotopic (exact) mass is 688 g/mol. The zero-order valence-corrected chi connectivity index (χ0v) is 30.2. The van der Waals surface area contributed by atoms with E-state index in [2.05, 4.69) is 88.5 Å². The summed E-state index contributed by atoms with van der Waals surface area (Å²) < 4.78 is 24.2. The first-order valence-electron chi connectivity index (χ1n) is 17.9. The Bertz CT molecular complexity index is 1570. The Kier molecular flexibility index (Phi) is 16.9. The number of ether oxygens (including phenoxy) is 2. The van der Waals surface area contributed by atoms with Crippen LogP contribution in [0, 0.1) is 19.8 Å². The largest absolute Gasteiger partial charge is 0.490 e. The molecule has 0 radical (unpaired) electrons. The second-order valence-electron chi connectivity index (χ2n) is 13.5. The molecule has 5 rings (SSSR count). The molecule has 0 spiro atoms. The first-order chi connectivity index (χ1) is 23.0. The molecule has 5 nitrogen and oxygen atoms in total. The number of benzene rings is 3. The highest BCUT2D eigenvalue weighted by molar-refractivity contribution is 5.87. The van der Waals surface area contributed by atoms with E-state index in [0.717, 1.165) is 79.7 Å². The van der Waals surface area contributed by atoms with Gasteiger partial charge in [-0.15, -0.1) is 0 Å². The van der Waals surface area contributed by atoms with Crippen LogP contribution in [0.1, 0.15) is 128 Å². The van der Waals surface area contributed by atoms with Gasteiger partial charge < -0.3 is 25.6 Å². The van der Waals surface area contributed by atoms with Crippen molar-refractivity contribution < 1.29 is 19.0 Å². The molecule has 3 aromatic carbocycles. The first-order valence-corrected chi connectivity index (χ1v) is 17.9. The number of rotatable bonds is 13. The van der Waals surface area contributed by atoms with Crippen molar-refractivity contribution in [3.05, 3.63) is 94.2 Å². The molecule has 1 saturated heterocycles. The number of halogens is 1. The SMILES string of the molecule is C.C.CCC1CCOCC1F.CCCC(CCC)Oc1ccc(-c2cccc(/C=C(\CC)c3ccc(C(C)(N)O)cc3C)c2C)cc1C1=CN1. The van der Waals surface area contributed by atoms with Crippen molar-refractivity contribution in [3.8, 4) is 16.9 Å². The lowest BCUT2D eigenvalue weighted by Crippen LogP contribution is -2.32. The molecule has 4 N–H and O–H groups in total. The Balaban J connectivity index is 0.000000686. The minimum absolute atomic E-state index is 0. The highest BCUT2D eigenvalue weighted by atomic mass is 19.1. The zero-order chi connectivity index (χ0) is 34.8. The molecule has 0 amide bonds. The Labute approximate surface area is 303 Å². The van der Waals surface area contributed by atoms with E-state index in [1.807, 2.05) is 25.3 Å². The fraction of sp³-hybridized carbons (Fsp3) is 0.500. The van der Waals surface area contributed by atoms with Crippen molar-refractivity contribution >= 4 is 17.3 Å². The molecule has 3 atom stereocenters. The molecule has 1 fully saturated rings. The summed E-state index contributed by atoms with van der Waals surface area (Å²) in [6.07, 6.45) is 11.0. The van der Waals surface area contributed by atoms with Gasteiger partial charge in [-0.3, -0.25) is 0 Å². The van der Waals surface area contributed by atoms with Gasteiger partial charge in [0, 0.05) is 18.4 Å². The van der Waals surface area contributed by atoms with E-state index < -0.39 is 11.9 Å². The van der Waals surface area contributed by atoms with Gasteiger partial charge in [-0.1, -0.05) is 110 Å². The van der Waals surface area contributed by atoms with E-state index in [1.165, 1.54) is 33.4 Å². The summed E-state index contributed by atoms with van der Waals surface area (Å²) >= 11 is 0. The van der Waals surface area contributed by atoms with Crippen LogP contribution in [0.15, 0.2) is 60.8 Å². The molecule has 50 heavy (non-hydrogen) atoms. The number of hydrogen-bond donors (Lipinski definition) is 3. The van der Waals surface area contributed by atoms with Gasteiger partial charge >= 0.3 is 0 Å². The van der Waals surface area contributed by atoms with Crippen molar-refractivity contribution in [2.45, 2.75) is 126 Å². The molecular weight excluding hydrogens is 623 g/mol. The van der Waals surface area contributed by atoms with Crippen LogP contribution in [-0.2, 0) is 10.5 Å². The molecule has 0 aliphatic carbocycles. The van der Waals surface area contributed by atoms with Crippen molar-refractivity contribution in [2.75, 3.05) is 13.2 Å². The van der Waals surface area contributed by atoms with Gasteiger partial charge in [-0.05, 0) is 109 Å². The zero-order valence-electron chi connectivity index (χ0n) is 30.2. The summed E-state index contributed by atoms with van der Waals surface area (Å²) in [7, 11) is 0. The third kappa shape index (κ3) is 11.3. The summed E-state index contributed by atoms with van der Waals surface area (Å²) in [4.78, 5) is 0. The van der Waals surface area contributed by atoms with Crippen LogP contribution in [0.5, 0.6) is 5.75 Å². The smallest absolute Gasteiger partial charge is 0.136 e. The maximum Gasteiger partial charge on any atom is 0.136 e. The van der Waals surface area contributed by atoms with Gasteiger partial charge in [0.2, 0.25) is 0 Å². The van der Waals surface area contributed by atoms with Crippen LogP contribution in [0.4, 0.5) is 4.39 Å². The molecule has 2 aliphatic heterocycles. The number of aryl methyl sites for hydroxylation is 1. The maximum atomic E-state index is 12.7. The number of nitrogens with two attached hydrogens (primary N) is 1. The Morgan fingerprint density at radius 1 is 1.04 bits per heavy atom. The first kappa shape index (κ1) is 42.7. The Hall–Kier alpha value is -3.45. The number of allylic oxidation sites excluding steroid dienone is 1. The lowest BCUT2D eigenvalue weighted by molar-refractivity contribution is -0.00242. The molecule has 0 aromatic heterocycles. The number of aliphatic hydroxyl groups is 1. The number of alkyl halides is 1. The molecule has 6 heteroatoms. The molecule has 0 bridgehead atoms. The lowest BCUT2D eigenvalue weighted by Gasteiger charge is -2.24. The maximum absolute atomic E-state index is 12.7. The van der Waals surface area contributed by atoms with E-state index in [1.54, 1.807) is 6.92 Å². The van der Waals surface area contributed by atoms with Crippen LogP contribution in [-0.4, -0.2) is 30.6 Å². The van der Waals surface area contributed by atoms with E-state index in [-0.39, 0.29) is 26.9 Å². The molecule has 0 saturated carbocycles. The van der Waals surface area contributed by atoms with E-state index in [9.17, 15) is 9.50 Å². The number of nitrogens with one attached hydrogen (secondary N) is 1. The summed E-state index contributed by atoms with van der Waals surface area (Å²) in [6, 6.07) is 19.1. The highest BCUT2D eigenvalue weighted by Crippen LogP contribution is 2.37. The van der Waals surface area contributed by atoms with Gasteiger partial charge in [0.25, 0.3) is 0 Å². The molecule has 276 valence electrons. The summed E-state index contributed by atoms with van der Waals surface area (Å²) in [5.41, 5.74) is 16.0. The van der Waals surface area contributed by atoms with E-state index >= 15 is 0 Å². The molecule has 3 unspecified atom stereocenters. The van der Waals surface area contributed by atoms with E-state index in [0.29, 0.717) is 6.61 Å². The Morgan fingerprint density at radius 2 is 1.74 bits per heavy atom. The van der Waals surface area contributed by atoms with Crippen molar-refractivity contribution in [2.24, 2.45) is 11.7 Å². The summed E-state index contributed by atoms with van der Waals surface area (Å²) in [5.74, 6) is 1.22. The minimum Gasteiger partial charge on any atom is -0.490 e. The van der Waals surface area contributed by atoms with Crippen molar-refractivity contribution in [3.63, 3.8) is 0 Å². The standard InChI is InChI=1S/C35H44N2O2.C7H13FO.2CH4/c1-7-11-29(12-8-2)39-34-18-15-27(21-32(34)33-22-37-33)31-14-10-13-26(24(31)5)20-25(9-3)30-17-16-28(19-23(30)4)35(6,36)38;1-2-6-3-4-9-5-7(6)8;;/h10,13-22,29,37-38H,7-9,11-12,36H2,1-6H3;6-7H,2-5H2,1H3;2*1H4/b25-20+;;;. The average Bonchev–Trinajstić information content (AvgIpc) is 3.91. The molecule has 2 heterocycles. The number of hydrogen-bond acceptors (Lipinski definition) is 5. The van der Waals surface area contributed by atoms with E-state index in [4.69, 9.17) is 15.2 Å². The fourth-order valence-corrected chi connectivity index (χ4v) is 6.51. The van der Waals surface area contributed by atoms with Crippen LogP contribution < -0.4 is 15.8 Å². The second kappa shape index (κ2) is 19.8. The highest BCUT2D eigenvalue weighted by Gasteiger charge is 2.23. The Morgan fingerprint density at radius 3 is 2.28 bits per heavy atom. The van der Waals surface area contributed by atoms with Crippen molar-refractivity contribution in [1.29, 1.82) is 0 Å². The third-order valence-corrected chi connectivity index (χ3v) is 9.57. The minimum atomic E-state index is -1.34. The summed E-state index contributed by atoms with van der Waals surface area (Å²) in [5, 5.41) is 13.5. The fourth-order valence-electron chi connectivity index (χ4n) is 6.51. The predicted molar refractivity (Wildman–Crippen MR) is 213 cm³/mol.